The predicted octanol–water partition coefficient (Wildman–Crippen LogP) is 3.35. The first kappa shape index (κ1) is 13.4. The van der Waals surface area contributed by atoms with E-state index < -0.39 is 0 Å². The van der Waals surface area contributed by atoms with Crippen molar-refractivity contribution in [1.29, 1.82) is 0 Å². The lowest BCUT2D eigenvalue weighted by molar-refractivity contribution is 0.234. The van der Waals surface area contributed by atoms with Gasteiger partial charge in [0.2, 0.25) is 0 Å². The number of halogens is 1. The fraction of sp³-hybridized carbons (Fsp3) is 0.800. The fourth-order valence-electron chi connectivity index (χ4n) is 3.47. The van der Waals surface area contributed by atoms with E-state index in [4.69, 9.17) is 11.6 Å². The molecule has 1 aromatic heterocycles. The molecule has 106 valence electrons. The number of nitrogens with zero attached hydrogens (tertiary/aromatic N) is 2. The van der Waals surface area contributed by atoms with Crippen LogP contribution in [0.25, 0.3) is 0 Å². The van der Waals surface area contributed by atoms with Gasteiger partial charge in [-0.2, -0.15) is 5.10 Å². The molecule has 1 heterocycles. The minimum absolute atomic E-state index is 0.565. The van der Waals surface area contributed by atoms with E-state index >= 15 is 0 Å². The lowest BCUT2D eigenvalue weighted by Crippen LogP contribution is -2.33. The lowest BCUT2D eigenvalue weighted by Gasteiger charge is -2.35. The van der Waals surface area contributed by atoms with Crippen LogP contribution in [0.4, 0.5) is 0 Å². The van der Waals surface area contributed by atoms with Gasteiger partial charge in [-0.3, -0.25) is 4.68 Å². The Morgan fingerprint density at radius 2 is 2.16 bits per heavy atom. The second kappa shape index (κ2) is 5.45. The van der Waals surface area contributed by atoms with Gasteiger partial charge in [-0.15, -0.1) is 0 Å². The highest BCUT2D eigenvalue weighted by Gasteiger charge is 2.34. The van der Waals surface area contributed by atoms with Crippen molar-refractivity contribution >= 4 is 11.6 Å². The van der Waals surface area contributed by atoms with Crippen LogP contribution in [0.5, 0.6) is 0 Å². The largest absolute Gasteiger partial charge is 0.314 e. The van der Waals surface area contributed by atoms with Gasteiger partial charge in [0.15, 0.2) is 0 Å². The molecule has 0 radical (unpaired) electrons. The van der Waals surface area contributed by atoms with Crippen LogP contribution in [0.15, 0.2) is 6.20 Å². The Hall–Kier alpha value is -0.540. The van der Waals surface area contributed by atoms with Crippen LogP contribution in [-0.2, 0) is 7.05 Å². The summed E-state index contributed by atoms with van der Waals surface area (Å²) in [6.45, 7) is 3.51. The first-order valence-electron chi connectivity index (χ1n) is 7.56. The summed E-state index contributed by atoms with van der Waals surface area (Å²) in [5, 5.41) is 8.87. The lowest BCUT2D eigenvalue weighted by atomic mass is 9.73. The Morgan fingerprint density at radius 3 is 2.79 bits per heavy atom. The third-order valence-electron chi connectivity index (χ3n) is 4.79. The van der Waals surface area contributed by atoms with Crippen LogP contribution >= 0.6 is 11.6 Å². The molecule has 4 heteroatoms. The molecule has 0 aromatic carbocycles. The summed E-state index contributed by atoms with van der Waals surface area (Å²) >= 11 is 6.36. The predicted molar refractivity (Wildman–Crippen MR) is 78.5 cm³/mol. The van der Waals surface area contributed by atoms with E-state index in [0.29, 0.717) is 11.8 Å². The Bertz CT molecular complexity index is 419. The third kappa shape index (κ3) is 2.97. The molecule has 0 amide bonds. The maximum atomic E-state index is 6.36. The van der Waals surface area contributed by atoms with Gasteiger partial charge in [0, 0.05) is 19.0 Å². The van der Waals surface area contributed by atoms with Crippen molar-refractivity contribution in [3.63, 3.8) is 0 Å². The van der Waals surface area contributed by atoms with Gasteiger partial charge >= 0.3 is 0 Å². The zero-order valence-electron chi connectivity index (χ0n) is 11.9. The number of rotatable bonds is 4. The Morgan fingerprint density at radius 1 is 1.37 bits per heavy atom. The van der Waals surface area contributed by atoms with E-state index in [2.05, 4.69) is 17.3 Å². The first-order valence-corrected chi connectivity index (χ1v) is 7.93. The number of aromatic nitrogens is 2. The van der Waals surface area contributed by atoms with Gasteiger partial charge < -0.3 is 5.32 Å². The highest BCUT2D eigenvalue weighted by molar-refractivity contribution is 6.31. The number of hydrogen-bond acceptors (Lipinski definition) is 2. The minimum Gasteiger partial charge on any atom is -0.314 e. The van der Waals surface area contributed by atoms with Gasteiger partial charge in [-0.1, -0.05) is 24.9 Å². The topological polar surface area (TPSA) is 29.9 Å². The Kier molecular flexibility index (Phi) is 3.86. The van der Waals surface area contributed by atoms with E-state index in [9.17, 15) is 0 Å². The quantitative estimate of drug-likeness (QED) is 0.917. The molecule has 3 atom stereocenters. The summed E-state index contributed by atoms with van der Waals surface area (Å²) in [5.74, 6) is 2.08. The zero-order chi connectivity index (χ0) is 13.4. The van der Waals surface area contributed by atoms with Gasteiger partial charge in [-0.25, -0.2) is 0 Å². The monoisotopic (exact) mass is 281 g/mol. The Balaban J connectivity index is 1.76. The highest BCUT2D eigenvalue weighted by atomic mass is 35.5. The molecule has 2 fully saturated rings. The molecule has 1 N–H and O–H groups in total. The van der Waals surface area contributed by atoms with E-state index in [1.807, 2.05) is 11.7 Å². The second-order valence-electron chi connectivity index (χ2n) is 6.47. The van der Waals surface area contributed by atoms with Crippen LogP contribution in [0, 0.1) is 11.8 Å². The van der Waals surface area contributed by atoms with Crippen LogP contribution < -0.4 is 5.32 Å². The average Bonchev–Trinajstić information content (AvgIpc) is 3.14. The summed E-state index contributed by atoms with van der Waals surface area (Å²) in [5.41, 5.74) is 1.25. The molecule has 2 aliphatic rings. The van der Waals surface area contributed by atoms with Gasteiger partial charge in [0.1, 0.15) is 0 Å². The summed E-state index contributed by atoms with van der Waals surface area (Å²) in [4.78, 5) is 0. The molecule has 0 spiro atoms. The number of nitrogens with one attached hydrogen (secondary N) is 1. The van der Waals surface area contributed by atoms with Gasteiger partial charge in [-0.05, 0) is 44.1 Å². The summed E-state index contributed by atoms with van der Waals surface area (Å²) in [6.07, 6.45) is 8.42. The van der Waals surface area contributed by atoms with Crippen LogP contribution in [0.3, 0.4) is 0 Å². The van der Waals surface area contributed by atoms with Gasteiger partial charge in [0.25, 0.3) is 0 Å². The SMILES string of the molecule is CC1CCC(CNC2CC2)C(c2c(Cl)cnn2C)C1. The van der Waals surface area contributed by atoms with Gasteiger partial charge in [0.05, 0.1) is 16.9 Å². The molecule has 1 aromatic rings. The normalized spacial score (nSPS) is 31.6. The van der Waals surface area contributed by atoms with Crippen LogP contribution in [-0.4, -0.2) is 22.4 Å². The maximum absolute atomic E-state index is 6.36. The van der Waals surface area contributed by atoms with E-state index in [1.54, 1.807) is 6.20 Å². The summed E-state index contributed by atoms with van der Waals surface area (Å²) < 4.78 is 1.98. The molecule has 3 nitrogen and oxygen atoms in total. The smallest absolute Gasteiger partial charge is 0.0820 e. The zero-order valence-corrected chi connectivity index (χ0v) is 12.7. The van der Waals surface area contributed by atoms with Crippen LogP contribution in [0.2, 0.25) is 5.02 Å². The molecule has 2 saturated carbocycles. The second-order valence-corrected chi connectivity index (χ2v) is 6.88. The van der Waals surface area contributed by atoms with Crippen LogP contribution in [0.1, 0.15) is 50.6 Å². The molecule has 0 bridgehead atoms. The average molecular weight is 282 g/mol. The molecule has 3 unspecified atom stereocenters. The molecule has 19 heavy (non-hydrogen) atoms. The van der Waals surface area contributed by atoms with Crippen molar-refractivity contribution in [3.8, 4) is 0 Å². The van der Waals surface area contributed by atoms with Crippen molar-refractivity contribution in [1.82, 2.24) is 15.1 Å². The molecule has 0 aliphatic heterocycles. The molecular formula is C15H24ClN3. The summed E-state index contributed by atoms with van der Waals surface area (Å²) in [7, 11) is 2.02. The first-order chi connectivity index (χ1) is 9.15. The molecule has 2 aliphatic carbocycles. The fourth-order valence-corrected chi connectivity index (χ4v) is 3.77. The third-order valence-corrected chi connectivity index (χ3v) is 5.08. The van der Waals surface area contributed by atoms with Crippen molar-refractivity contribution in [2.75, 3.05) is 6.54 Å². The summed E-state index contributed by atoms with van der Waals surface area (Å²) in [6, 6.07) is 0.794. The van der Waals surface area contributed by atoms with E-state index in [0.717, 1.165) is 23.5 Å². The molecular weight excluding hydrogens is 258 g/mol. The van der Waals surface area contributed by atoms with E-state index in [-0.39, 0.29) is 0 Å². The molecule has 3 rings (SSSR count). The van der Waals surface area contributed by atoms with Crippen molar-refractivity contribution in [2.45, 2.75) is 51.0 Å². The molecule has 0 saturated heterocycles. The number of aryl methyl sites for hydroxylation is 1. The highest BCUT2D eigenvalue weighted by Crippen LogP contribution is 2.42. The van der Waals surface area contributed by atoms with Crippen molar-refractivity contribution in [3.05, 3.63) is 16.9 Å². The van der Waals surface area contributed by atoms with Crippen molar-refractivity contribution in [2.24, 2.45) is 18.9 Å². The van der Waals surface area contributed by atoms with Crippen molar-refractivity contribution < 1.29 is 0 Å². The minimum atomic E-state index is 0.565. The standard InChI is InChI=1S/C15H24ClN3/c1-10-3-4-11(8-17-12-5-6-12)13(7-10)15-14(16)9-18-19(15)2/h9-13,17H,3-8H2,1-2H3. The Labute approximate surface area is 120 Å². The van der Waals surface area contributed by atoms with E-state index in [1.165, 1.54) is 37.8 Å². The maximum Gasteiger partial charge on any atom is 0.0820 e. The number of hydrogen-bond donors (Lipinski definition) is 1.